The van der Waals surface area contributed by atoms with Crippen molar-refractivity contribution in [3.8, 4) is 0 Å². The van der Waals surface area contributed by atoms with E-state index in [0.29, 0.717) is 35.1 Å². The number of aliphatic hydroxyl groups excluding tert-OH is 1. The minimum absolute atomic E-state index is 0.00735. The lowest BCUT2D eigenvalue weighted by molar-refractivity contribution is -0.141. The molecule has 2 heterocycles. The fourth-order valence-electron chi connectivity index (χ4n) is 8.59. The molecule has 0 spiro atoms. The SMILES string of the molecule is CC(=O)N[C@@H]1SSC[C@@H](C(=O)O)NC(=O)[C@H](Cc2ccccc2)NC(=O)[C@H]([C@@H](C)O)NC(=O)[C@H](CCCCN)NC(=O)[C@@H](Cc2c[nH]c3ccccc23)NC(=O)[C@H](Cc2ccccc2)NC(=O)[C@H](Cc2ccccc2)NC1=O. The van der Waals surface area contributed by atoms with E-state index in [0.717, 1.165) is 39.4 Å². The minimum atomic E-state index is -1.72. The van der Waals surface area contributed by atoms with Crippen LogP contribution in [0.3, 0.4) is 0 Å². The molecule has 1 aromatic heterocycles. The van der Waals surface area contributed by atoms with E-state index < -0.39 is 107 Å². The van der Waals surface area contributed by atoms with Crippen molar-refractivity contribution in [2.45, 2.75) is 113 Å². The van der Waals surface area contributed by atoms with Gasteiger partial charge in [-0.3, -0.25) is 38.4 Å². The summed E-state index contributed by atoms with van der Waals surface area (Å²) < 4.78 is 0. The highest BCUT2D eigenvalue weighted by Gasteiger charge is 2.37. The second-order valence-electron chi connectivity index (χ2n) is 18.8. The molecule has 1 aliphatic rings. The zero-order valence-corrected chi connectivity index (χ0v) is 44.7. The van der Waals surface area contributed by atoms with Gasteiger partial charge < -0.3 is 63.5 Å². The van der Waals surface area contributed by atoms with Crippen LogP contribution >= 0.6 is 21.6 Å². The monoisotopic (exact) mass is 1110 g/mol. The molecule has 1 saturated heterocycles. The van der Waals surface area contributed by atoms with Crippen LogP contribution in [0.1, 0.15) is 55.4 Å². The molecule has 0 radical (unpaired) electrons. The van der Waals surface area contributed by atoms with Gasteiger partial charge in [-0.1, -0.05) is 131 Å². The number of carbonyl (C=O) groups excluding carboxylic acids is 8. The van der Waals surface area contributed by atoms with E-state index in [1.807, 2.05) is 24.3 Å². The molecule has 0 bridgehead atoms. The second-order valence-corrected chi connectivity index (χ2v) is 21.3. The van der Waals surface area contributed by atoms with Crippen molar-refractivity contribution in [1.82, 2.24) is 47.5 Å². The number of aromatic amines is 1. The number of hydrogen-bond donors (Lipinski definition) is 12. The Morgan fingerprint density at radius 2 is 1.04 bits per heavy atom. The molecule has 0 aliphatic carbocycles. The number of carboxylic acids is 1. The number of nitrogens with two attached hydrogens (primary N) is 1. The quantitative estimate of drug-likeness (QED) is 0.0520. The van der Waals surface area contributed by atoms with Crippen LogP contribution in [0.5, 0.6) is 0 Å². The molecule has 23 heteroatoms. The number of aliphatic hydroxyl groups is 1. The van der Waals surface area contributed by atoms with Crippen LogP contribution in [-0.4, -0.2) is 134 Å². The smallest absolute Gasteiger partial charge is 0.327 e. The number of benzene rings is 4. The Kier molecular flexibility index (Phi) is 22.7. The molecule has 414 valence electrons. The van der Waals surface area contributed by atoms with E-state index in [4.69, 9.17) is 5.73 Å². The third-order valence-corrected chi connectivity index (χ3v) is 15.2. The first kappa shape index (κ1) is 59.5. The van der Waals surface area contributed by atoms with Crippen LogP contribution in [0.4, 0.5) is 0 Å². The predicted molar refractivity (Wildman–Crippen MR) is 296 cm³/mol. The summed E-state index contributed by atoms with van der Waals surface area (Å²) in [5.41, 5.74) is 8.99. The number of para-hydroxylation sites is 1. The summed E-state index contributed by atoms with van der Waals surface area (Å²) in [6, 6.07) is 22.8. The second kappa shape index (κ2) is 29.7. The van der Waals surface area contributed by atoms with Gasteiger partial charge >= 0.3 is 5.97 Å². The highest BCUT2D eigenvalue weighted by molar-refractivity contribution is 8.77. The Hall–Kier alpha value is -7.73. The summed E-state index contributed by atoms with van der Waals surface area (Å²) in [6.45, 7) is 2.64. The zero-order chi connectivity index (χ0) is 56.1. The first-order valence-corrected chi connectivity index (χ1v) is 27.8. The van der Waals surface area contributed by atoms with Crippen molar-refractivity contribution in [3.63, 3.8) is 0 Å². The number of hydrogen-bond acceptors (Lipinski definition) is 13. The van der Waals surface area contributed by atoms with Gasteiger partial charge in [-0.15, -0.1) is 0 Å². The normalized spacial score (nSPS) is 23.1. The van der Waals surface area contributed by atoms with Crippen molar-refractivity contribution in [3.05, 3.63) is 144 Å². The average molecular weight is 1110 g/mol. The fourth-order valence-corrected chi connectivity index (χ4v) is 11.0. The molecule has 0 saturated carbocycles. The van der Waals surface area contributed by atoms with Gasteiger partial charge in [0, 0.05) is 55.5 Å². The van der Waals surface area contributed by atoms with Crippen molar-refractivity contribution in [1.29, 1.82) is 0 Å². The molecular weight excluding hydrogens is 1040 g/mol. The number of aromatic nitrogens is 1. The molecule has 6 rings (SSSR count). The van der Waals surface area contributed by atoms with Gasteiger partial charge in [0.2, 0.25) is 41.4 Å². The summed E-state index contributed by atoms with van der Waals surface area (Å²) in [6.07, 6.45) is 0.384. The predicted octanol–water partition coefficient (Wildman–Crippen LogP) is 1.28. The molecule has 9 atom stereocenters. The largest absolute Gasteiger partial charge is 0.480 e. The molecule has 1 fully saturated rings. The van der Waals surface area contributed by atoms with Crippen LogP contribution in [-0.2, 0) is 68.8 Å². The number of unbranched alkanes of at least 4 members (excludes halogenated alkanes) is 1. The van der Waals surface area contributed by atoms with Crippen LogP contribution in [0.15, 0.2) is 121 Å². The Balaban J connectivity index is 1.43. The lowest BCUT2D eigenvalue weighted by Gasteiger charge is -2.29. The van der Waals surface area contributed by atoms with E-state index in [9.17, 15) is 53.4 Å². The van der Waals surface area contributed by atoms with Gasteiger partial charge in [-0.2, -0.15) is 0 Å². The Morgan fingerprint density at radius 1 is 0.590 bits per heavy atom. The molecule has 0 unspecified atom stereocenters. The van der Waals surface area contributed by atoms with E-state index in [-0.39, 0.29) is 44.4 Å². The van der Waals surface area contributed by atoms with E-state index in [1.54, 1.807) is 97.2 Å². The molecule has 5 aromatic rings. The lowest BCUT2D eigenvalue weighted by atomic mass is 10.00. The van der Waals surface area contributed by atoms with Crippen molar-refractivity contribution in [2.24, 2.45) is 5.73 Å². The highest BCUT2D eigenvalue weighted by atomic mass is 33.1. The topological polar surface area (TPSA) is 332 Å². The molecule has 13 N–H and O–H groups in total. The molecular formula is C55H66N10O11S2. The number of carboxylic acid groups (broad SMARTS) is 1. The molecule has 21 nitrogen and oxygen atoms in total. The number of H-pyrrole nitrogens is 1. The average Bonchev–Trinajstić information content (AvgIpc) is 3.83. The number of carbonyl (C=O) groups is 9. The fraction of sp³-hybridized carbons (Fsp3) is 0.364. The Morgan fingerprint density at radius 3 is 1.54 bits per heavy atom. The van der Waals surface area contributed by atoms with Crippen LogP contribution in [0.25, 0.3) is 10.9 Å². The third kappa shape index (κ3) is 17.9. The number of aliphatic carboxylic acids is 1. The van der Waals surface area contributed by atoms with Gasteiger partial charge in [0.25, 0.3) is 5.91 Å². The summed E-state index contributed by atoms with van der Waals surface area (Å²) in [4.78, 5) is 130. The van der Waals surface area contributed by atoms with Crippen molar-refractivity contribution in [2.75, 3.05) is 12.3 Å². The first-order chi connectivity index (χ1) is 37.5. The maximum atomic E-state index is 14.9. The summed E-state index contributed by atoms with van der Waals surface area (Å²) in [7, 11) is 1.56. The van der Waals surface area contributed by atoms with E-state index in [2.05, 4.69) is 47.5 Å². The molecule has 8 amide bonds. The first-order valence-electron chi connectivity index (χ1n) is 25.4. The maximum Gasteiger partial charge on any atom is 0.327 e. The Bertz CT molecular complexity index is 2860. The van der Waals surface area contributed by atoms with E-state index in [1.165, 1.54) is 6.92 Å². The van der Waals surface area contributed by atoms with E-state index >= 15 is 0 Å². The van der Waals surface area contributed by atoms with Crippen LogP contribution in [0, 0.1) is 0 Å². The molecule has 1 aliphatic heterocycles. The maximum absolute atomic E-state index is 14.9. The third-order valence-electron chi connectivity index (χ3n) is 12.7. The number of nitrogens with one attached hydrogen (secondary N) is 9. The van der Waals surface area contributed by atoms with Gasteiger partial charge in [0.05, 0.1) is 6.10 Å². The van der Waals surface area contributed by atoms with Gasteiger partial charge in [-0.05, 0) is 61.1 Å². The van der Waals surface area contributed by atoms with Gasteiger partial charge in [0.1, 0.15) is 42.3 Å². The van der Waals surface area contributed by atoms with Crippen LogP contribution in [0.2, 0.25) is 0 Å². The number of amides is 8. The summed E-state index contributed by atoms with van der Waals surface area (Å²) >= 11 is 0. The molecule has 78 heavy (non-hydrogen) atoms. The van der Waals surface area contributed by atoms with Crippen molar-refractivity contribution < 1.29 is 53.4 Å². The highest BCUT2D eigenvalue weighted by Crippen LogP contribution is 2.27. The van der Waals surface area contributed by atoms with Crippen LogP contribution < -0.4 is 48.3 Å². The molecule has 4 aromatic carbocycles. The summed E-state index contributed by atoms with van der Waals surface area (Å²) in [5, 5.41) is 41.9. The minimum Gasteiger partial charge on any atom is -0.480 e. The van der Waals surface area contributed by atoms with Crippen molar-refractivity contribution >= 4 is 85.7 Å². The zero-order valence-electron chi connectivity index (χ0n) is 43.1. The van der Waals surface area contributed by atoms with Gasteiger partial charge in [-0.25, -0.2) is 4.79 Å². The number of rotatable bonds is 15. The standard InChI is InChI=1S/C55H66N10O11S2/c1-32(66)46-52(73)62-42(27-35-18-8-4-9-19-35)50(71)64-45(55(75)76)31-77-78-54(58-33(2)67)53(74)63-43(28-36-20-10-5-11-21-36)49(70)60-41(26-34-16-6-3-7-17-34)48(69)61-44(29-37-30-57-39-23-13-12-22-38(37)39)51(72)59-40(47(68)65-46)24-14-15-25-56/h3-13,16-23,30,32,40-46,54,57,66H,14-15,24-29,31,56H2,1-2H3,(H,58,67)(H,59,72)(H,60,70)(H,61,69)(H,62,73)(H,63,74)(H,64,71)(H,65,68)(H,75,76)/t32-,40+,41+,42+,43+,44-,45+,46+,54-/m1/s1. The number of fused-ring (bicyclic) bond motifs is 1. The Labute approximate surface area is 458 Å². The lowest BCUT2D eigenvalue weighted by Crippen LogP contribution is -2.62. The summed E-state index contributed by atoms with van der Waals surface area (Å²) in [5.74, 6) is -8.65. The van der Waals surface area contributed by atoms with Gasteiger partial charge in [0.15, 0.2) is 5.37 Å².